The van der Waals surface area contributed by atoms with Gasteiger partial charge in [-0.25, -0.2) is 0 Å². The fourth-order valence-electron chi connectivity index (χ4n) is 9.82. The molecular weight excluding hydrogens is 494 g/mol. The number of benzene rings is 1. The topological polar surface area (TPSA) is 80.6 Å². The largest absolute Gasteiger partial charge is 0.385 e. The van der Waals surface area contributed by atoms with E-state index in [0.717, 1.165) is 32.1 Å². The maximum Gasteiger partial charge on any atom is 0.195 e. The van der Waals surface area contributed by atoms with Crippen LogP contribution in [0, 0.1) is 17.3 Å². The van der Waals surface area contributed by atoms with E-state index < -0.39 is 22.8 Å². The van der Waals surface area contributed by atoms with Gasteiger partial charge in [-0.3, -0.25) is 0 Å². The molecule has 0 amide bonds. The standard InChI is InChI=1S/C32H45NO6/c1-28-19-24(21-5-7-22(8-6-21)33(3)4)27-23(25(28)11-14-32(28,35)29(2)36-15-16-37-29)9-12-30(34)20-31(13-10-26(27)30)38-17-18-39-31/h5-8,23-25,34-35H,9-20H2,1-4H3/t23?,24?,25?,28?,30-,32-/m1/s1. The van der Waals surface area contributed by atoms with E-state index in [1.165, 1.54) is 22.4 Å². The van der Waals surface area contributed by atoms with E-state index in [-0.39, 0.29) is 11.3 Å². The van der Waals surface area contributed by atoms with E-state index in [1.54, 1.807) is 0 Å². The summed E-state index contributed by atoms with van der Waals surface area (Å²) < 4.78 is 24.5. The zero-order valence-electron chi connectivity index (χ0n) is 24.0. The highest BCUT2D eigenvalue weighted by molar-refractivity contribution is 5.50. The molecule has 4 unspecified atom stereocenters. The normalized spacial score (nSPS) is 42.4. The van der Waals surface area contributed by atoms with Crippen molar-refractivity contribution >= 4 is 5.69 Å². The smallest absolute Gasteiger partial charge is 0.195 e. The third-order valence-electron chi connectivity index (χ3n) is 11.8. The van der Waals surface area contributed by atoms with Crippen molar-refractivity contribution in [3.63, 3.8) is 0 Å². The summed E-state index contributed by atoms with van der Waals surface area (Å²) >= 11 is 0. The molecule has 7 nitrogen and oxygen atoms in total. The summed E-state index contributed by atoms with van der Waals surface area (Å²) in [5, 5.41) is 24.8. The number of hydrogen-bond donors (Lipinski definition) is 2. The van der Waals surface area contributed by atoms with Crippen molar-refractivity contribution in [2.75, 3.05) is 45.4 Å². The first-order valence-electron chi connectivity index (χ1n) is 15.0. The number of aliphatic hydroxyl groups is 2. The predicted molar refractivity (Wildman–Crippen MR) is 147 cm³/mol. The van der Waals surface area contributed by atoms with Gasteiger partial charge in [-0.2, -0.15) is 0 Å². The number of ether oxygens (including phenoxy) is 4. The summed E-state index contributed by atoms with van der Waals surface area (Å²) in [6.45, 7) is 6.49. The zero-order valence-corrected chi connectivity index (χ0v) is 24.0. The van der Waals surface area contributed by atoms with Crippen LogP contribution in [0.1, 0.15) is 76.7 Å². The summed E-state index contributed by atoms with van der Waals surface area (Å²) in [7, 11) is 4.13. The molecule has 1 spiro atoms. The van der Waals surface area contributed by atoms with Crippen LogP contribution >= 0.6 is 0 Å². The Labute approximate surface area is 232 Å². The summed E-state index contributed by atoms with van der Waals surface area (Å²) in [6.07, 6.45) is 6.15. The summed E-state index contributed by atoms with van der Waals surface area (Å²) in [5.74, 6) is -0.896. The van der Waals surface area contributed by atoms with Crippen LogP contribution in [0.2, 0.25) is 0 Å². The van der Waals surface area contributed by atoms with Gasteiger partial charge in [-0.05, 0) is 80.6 Å². The van der Waals surface area contributed by atoms with Gasteiger partial charge in [0.05, 0.1) is 32.0 Å². The SMILES string of the molecule is CN(C)c1ccc(C2CC3(C)C(CC[C@]3(O)C3(C)OCCO3)C3CC[C@@]4(O)CC5(CCC4=C23)OCCO5)cc1. The molecule has 0 aromatic heterocycles. The second-order valence-electron chi connectivity index (χ2n) is 13.7. The molecule has 1 aromatic carbocycles. The molecule has 0 bridgehead atoms. The van der Waals surface area contributed by atoms with Crippen LogP contribution in [0.3, 0.4) is 0 Å². The monoisotopic (exact) mass is 539 g/mol. The van der Waals surface area contributed by atoms with Crippen LogP contribution in [0.4, 0.5) is 5.69 Å². The zero-order chi connectivity index (χ0) is 27.3. The maximum absolute atomic E-state index is 12.5. The highest BCUT2D eigenvalue weighted by atomic mass is 16.8. The maximum atomic E-state index is 12.5. The molecule has 4 aliphatic carbocycles. The van der Waals surface area contributed by atoms with Crippen molar-refractivity contribution < 1.29 is 29.2 Å². The number of anilines is 1. The van der Waals surface area contributed by atoms with E-state index in [0.29, 0.717) is 57.5 Å². The van der Waals surface area contributed by atoms with Gasteiger partial charge in [0, 0.05) is 44.0 Å². The van der Waals surface area contributed by atoms with E-state index >= 15 is 0 Å². The van der Waals surface area contributed by atoms with Gasteiger partial charge in [0.15, 0.2) is 11.6 Å². The molecule has 6 atom stereocenters. The van der Waals surface area contributed by atoms with Gasteiger partial charge in [-0.1, -0.05) is 24.6 Å². The molecule has 6 aliphatic rings. The van der Waals surface area contributed by atoms with E-state index in [1.807, 2.05) is 6.92 Å². The molecule has 2 N–H and O–H groups in total. The minimum atomic E-state index is -1.07. The lowest BCUT2D eigenvalue weighted by Gasteiger charge is -2.59. The van der Waals surface area contributed by atoms with Crippen molar-refractivity contribution in [2.24, 2.45) is 17.3 Å². The van der Waals surface area contributed by atoms with Crippen molar-refractivity contribution in [3.05, 3.63) is 41.0 Å². The third kappa shape index (κ3) is 3.63. The third-order valence-corrected chi connectivity index (χ3v) is 11.8. The second kappa shape index (κ2) is 8.76. The fourth-order valence-corrected chi connectivity index (χ4v) is 9.82. The Bertz CT molecular complexity index is 1150. The van der Waals surface area contributed by atoms with Gasteiger partial charge < -0.3 is 34.1 Å². The van der Waals surface area contributed by atoms with E-state index in [2.05, 4.69) is 50.2 Å². The Hall–Kier alpha value is -1.48. The Morgan fingerprint density at radius 3 is 2.18 bits per heavy atom. The number of nitrogens with zero attached hydrogens (tertiary/aromatic N) is 1. The first-order chi connectivity index (χ1) is 18.5. The first kappa shape index (κ1) is 26.4. The first-order valence-corrected chi connectivity index (χ1v) is 15.0. The Morgan fingerprint density at radius 2 is 1.51 bits per heavy atom. The average Bonchev–Trinajstić information content (AvgIpc) is 3.62. The molecular formula is C32H45NO6. The molecule has 7 rings (SSSR count). The molecule has 5 fully saturated rings. The fraction of sp³-hybridized carbons (Fsp3) is 0.750. The van der Waals surface area contributed by atoms with Gasteiger partial charge in [0.2, 0.25) is 0 Å². The Morgan fingerprint density at radius 1 is 0.846 bits per heavy atom. The lowest BCUT2D eigenvalue weighted by atomic mass is 9.49. The van der Waals surface area contributed by atoms with Crippen molar-refractivity contribution in [1.29, 1.82) is 0 Å². The van der Waals surface area contributed by atoms with Crippen LogP contribution in [0.25, 0.3) is 0 Å². The van der Waals surface area contributed by atoms with Crippen LogP contribution in [-0.2, 0) is 18.9 Å². The van der Waals surface area contributed by atoms with Crippen molar-refractivity contribution in [3.8, 4) is 0 Å². The molecule has 1 aromatic rings. The lowest BCUT2D eigenvalue weighted by Crippen LogP contribution is -2.63. The minimum Gasteiger partial charge on any atom is -0.385 e. The highest BCUT2D eigenvalue weighted by Crippen LogP contribution is 2.70. The molecule has 7 heteroatoms. The number of rotatable bonds is 3. The molecule has 0 radical (unpaired) electrons. The summed E-state index contributed by atoms with van der Waals surface area (Å²) in [5.41, 5.74) is 2.73. The van der Waals surface area contributed by atoms with Gasteiger partial charge in [0.25, 0.3) is 0 Å². The van der Waals surface area contributed by atoms with E-state index in [9.17, 15) is 10.2 Å². The second-order valence-corrected chi connectivity index (χ2v) is 13.7. The van der Waals surface area contributed by atoms with Crippen molar-refractivity contribution in [2.45, 2.75) is 93.9 Å². The van der Waals surface area contributed by atoms with Gasteiger partial charge >= 0.3 is 0 Å². The van der Waals surface area contributed by atoms with Crippen LogP contribution in [0.15, 0.2) is 35.4 Å². The summed E-state index contributed by atoms with van der Waals surface area (Å²) in [4.78, 5) is 2.12. The Balaban J connectivity index is 1.35. The molecule has 2 heterocycles. The Kier molecular flexibility index (Phi) is 5.94. The van der Waals surface area contributed by atoms with Gasteiger partial charge in [0.1, 0.15) is 5.60 Å². The quantitative estimate of drug-likeness (QED) is 0.547. The number of hydrogen-bond acceptors (Lipinski definition) is 7. The van der Waals surface area contributed by atoms with Crippen LogP contribution < -0.4 is 4.90 Å². The van der Waals surface area contributed by atoms with Crippen molar-refractivity contribution in [1.82, 2.24) is 0 Å². The molecule has 2 aliphatic heterocycles. The van der Waals surface area contributed by atoms with Gasteiger partial charge in [-0.15, -0.1) is 0 Å². The predicted octanol–water partition coefficient (Wildman–Crippen LogP) is 4.52. The molecule has 2 saturated heterocycles. The van der Waals surface area contributed by atoms with Crippen LogP contribution in [0.5, 0.6) is 0 Å². The van der Waals surface area contributed by atoms with Crippen LogP contribution in [-0.4, -0.2) is 73.5 Å². The van der Waals surface area contributed by atoms with E-state index in [4.69, 9.17) is 18.9 Å². The lowest BCUT2D eigenvalue weighted by molar-refractivity contribution is -0.296. The highest BCUT2D eigenvalue weighted by Gasteiger charge is 2.71. The molecule has 214 valence electrons. The molecule has 39 heavy (non-hydrogen) atoms. The number of allylic oxidation sites excluding steroid dienone is 1. The summed E-state index contributed by atoms with van der Waals surface area (Å²) in [6, 6.07) is 8.91. The number of fused-ring (bicyclic) bond motifs is 4. The minimum absolute atomic E-state index is 0.114. The average molecular weight is 540 g/mol. The molecule has 3 saturated carbocycles.